The van der Waals surface area contributed by atoms with Crippen molar-refractivity contribution in [2.24, 2.45) is 16.5 Å². The summed E-state index contributed by atoms with van der Waals surface area (Å²) >= 11 is 1.26. The van der Waals surface area contributed by atoms with Crippen LogP contribution in [0, 0.1) is 0 Å². The van der Waals surface area contributed by atoms with Crippen LogP contribution in [0.4, 0.5) is 0 Å². The van der Waals surface area contributed by atoms with Crippen LogP contribution in [0.2, 0.25) is 0 Å². The molecule has 1 fully saturated rings. The molecule has 2 rings (SSSR count). The number of rotatable bonds is 25. The van der Waals surface area contributed by atoms with Crippen LogP contribution in [0.3, 0.4) is 0 Å². The summed E-state index contributed by atoms with van der Waals surface area (Å²) in [4.78, 5) is 137. The van der Waals surface area contributed by atoms with E-state index in [4.69, 9.17) is 11.5 Å². The van der Waals surface area contributed by atoms with Gasteiger partial charge in [-0.05, 0) is 57.0 Å². The van der Waals surface area contributed by atoms with Gasteiger partial charge in [-0.1, -0.05) is 65.8 Å². The Morgan fingerprint density at radius 1 is 0.868 bits per heavy atom. The van der Waals surface area contributed by atoms with E-state index in [-0.39, 0.29) is 74.2 Å². The van der Waals surface area contributed by atoms with Crippen molar-refractivity contribution in [1.82, 2.24) is 47.9 Å². The molecule has 26 heteroatoms. The minimum atomic E-state index is -1.74. The number of hydrogen-bond acceptors (Lipinski definition) is 15. The van der Waals surface area contributed by atoms with E-state index in [1.165, 1.54) is 11.8 Å². The Morgan fingerprint density at radius 3 is 2.25 bits per heavy atom. The van der Waals surface area contributed by atoms with Gasteiger partial charge in [0, 0.05) is 30.9 Å². The second kappa shape index (κ2) is 33.0. The number of Topliss-reactive ketones (excluding diaryl/α,β-unsaturated/α-hetero) is 1. The van der Waals surface area contributed by atoms with E-state index in [1.54, 1.807) is 43.5 Å². The van der Waals surface area contributed by atoms with Gasteiger partial charge in [-0.2, -0.15) is 11.8 Å². The van der Waals surface area contributed by atoms with Crippen LogP contribution in [0.1, 0.15) is 64.4 Å². The van der Waals surface area contributed by atoms with Crippen LogP contribution in [0.15, 0.2) is 35.3 Å². The predicted molar refractivity (Wildman–Crippen MR) is 261 cm³/mol. The fraction of sp³-hybridized carbons (Fsp3) is 0.595. The number of nitrogens with zero attached hydrogens (tertiary/aromatic N) is 1. The molecule has 0 aromatic heterocycles. The van der Waals surface area contributed by atoms with E-state index < -0.39 is 102 Å². The van der Waals surface area contributed by atoms with E-state index in [2.05, 4.69) is 52.8 Å². The van der Waals surface area contributed by atoms with Gasteiger partial charge in [-0.3, -0.25) is 52.9 Å². The molecule has 8 amide bonds. The molecule has 1 heterocycles. The zero-order valence-electron chi connectivity index (χ0n) is 38.5. The maximum absolute atomic E-state index is 14.1. The van der Waals surface area contributed by atoms with E-state index in [1.807, 2.05) is 6.92 Å². The number of aliphatic carboxylic acids is 1. The first-order valence-corrected chi connectivity index (χ1v) is 26.0. The zero-order valence-corrected chi connectivity index (χ0v) is 41.0. The van der Waals surface area contributed by atoms with Crippen LogP contribution >= 0.6 is 33.3 Å². The molecule has 68 heavy (non-hydrogen) atoms. The van der Waals surface area contributed by atoms with E-state index in [0.29, 0.717) is 24.9 Å². The summed E-state index contributed by atoms with van der Waals surface area (Å²) in [6.07, 6.45) is 2.54. The summed E-state index contributed by atoms with van der Waals surface area (Å²) < 4.78 is 0. The highest BCUT2D eigenvalue weighted by molar-refractivity contribution is 8.76. The van der Waals surface area contributed by atoms with Gasteiger partial charge in [0.2, 0.25) is 47.3 Å². The third-order valence-electron chi connectivity index (χ3n) is 9.89. The maximum atomic E-state index is 14.1. The molecule has 1 saturated heterocycles. The lowest BCUT2D eigenvalue weighted by atomic mass is 10.0. The van der Waals surface area contributed by atoms with Crippen molar-refractivity contribution < 1.29 is 53.1 Å². The molecule has 0 spiro atoms. The molecule has 23 nitrogen and oxygen atoms in total. The number of carbonyl (C=O) groups is 10. The molecule has 0 saturated carbocycles. The largest absolute Gasteiger partial charge is 0.481 e. The van der Waals surface area contributed by atoms with Crippen LogP contribution < -0.4 is 59.3 Å². The molecule has 1 aliphatic heterocycles. The SMILES string of the molecule is CCNCCCC[C@H](NC(=O)CSC)C(=O)N[C@H]1CSSC[C@@H](C(=O)N[C@@H](Cc2ccccc2)C(=O)NCC(=O)CC)NC(=O)[C@H](CC(=O)O)NC(=O)CNC(=O)[C@H](CCCN=C(N)N)NC1=O. The number of aliphatic imine (C=N–C) groups is 1. The number of ketones is 1. The highest BCUT2D eigenvalue weighted by Gasteiger charge is 2.34. The lowest BCUT2D eigenvalue weighted by molar-refractivity contribution is -0.141. The van der Waals surface area contributed by atoms with Crippen LogP contribution in [0.25, 0.3) is 0 Å². The van der Waals surface area contributed by atoms with Gasteiger partial charge in [-0.15, -0.1) is 0 Å². The molecule has 0 bridgehead atoms. The van der Waals surface area contributed by atoms with Gasteiger partial charge in [0.25, 0.3) is 0 Å². The van der Waals surface area contributed by atoms with Crippen molar-refractivity contribution in [2.45, 2.75) is 101 Å². The van der Waals surface area contributed by atoms with E-state index in [9.17, 15) is 53.1 Å². The fourth-order valence-corrected chi connectivity index (χ4v) is 8.96. The lowest BCUT2D eigenvalue weighted by Crippen LogP contribution is -2.59. The summed E-state index contributed by atoms with van der Waals surface area (Å²) in [7, 11) is 1.96. The minimum absolute atomic E-state index is 0.0230. The first-order chi connectivity index (χ1) is 32.5. The van der Waals surface area contributed by atoms with Crippen molar-refractivity contribution in [3.8, 4) is 0 Å². The molecule has 0 aliphatic carbocycles. The Bertz CT molecular complexity index is 1900. The molecule has 1 aromatic carbocycles. The molecular weight excluding hydrogens is 945 g/mol. The summed E-state index contributed by atoms with van der Waals surface area (Å²) in [5.41, 5.74) is 11.5. The van der Waals surface area contributed by atoms with Crippen molar-refractivity contribution in [1.29, 1.82) is 0 Å². The van der Waals surface area contributed by atoms with Crippen LogP contribution in [-0.2, 0) is 54.4 Å². The van der Waals surface area contributed by atoms with Gasteiger partial charge in [0.15, 0.2) is 11.7 Å². The number of carbonyl (C=O) groups excluding carboxylic acids is 9. The molecule has 378 valence electrons. The molecule has 0 radical (unpaired) electrons. The Labute approximate surface area is 407 Å². The zero-order chi connectivity index (χ0) is 50.4. The van der Waals surface area contributed by atoms with Gasteiger partial charge < -0.3 is 64.4 Å². The lowest BCUT2D eigenvalue weighted by Gasteiger charge is -2.26. The number of benzene rings is 1. The summed E-state index contributed by atoms with van der Waals surface area (Å²) in [6.45, 7) is 4.00. The Morgan fingerprint density at radius 2 is 1.59 bits per heavy atom. The molecule has 6 atom stereocenters. The van der Waals surface area contributed by atoms with Gasteiger partial charge in [-0.25, -0.2) is 0 Å². The Kier molecular flexibility index (Phi) is 28.4. The Balaban J connectivity index is 2.57. The van der Waals surface area contributed by atoms with Crippen LogP contribution in [-0.4, -0.2) is 163 Å². The van der Waals surface area contributed by atoms with Gasteiger partial charge in [0.05, 0.1) is 25.3 Å². The number of carboxylic acid groups (broad SMARTS) is 1. The highest BCUT2D eigenvalue weighted by Crippen LogP contribution is 2.24. The topological polar surface area (TPSA) is 364 Å². The second-order valence-corrected chi connectivity index (χ2v) is 18.8. The highest BCUT2D eigenvalue weighted by atomic mass is 33.1. The number of guanidine groups is 1. The number of carboxylic acids is 1. The molecule has 1 aliphatic rings. The summed E-state index contributed by atoms with van der Waals surface area (Å²) in [5.74, 6) is -8.74. The van der Waals surface area contributed by atoms with Gasteiger partial charge in [0.1, 0.15) is 36.3 Å². The average Bonchev–Trinajstić information content (AvgIpc) is 3.30. The van der Waals surface area contributed by atoms with E-state index in [0.717, 1.165) is 28.1 Å². The van der Waals surface area contributed by atoms with Crippen molar-refractivity contribution in [3.63, 3.8) is 0 Å². The molecule has 14 N–H and O–H groups in total. The molecule has 1 aromatic rings. The second-order valence-electron chi connectivity index (χ2n) is 15.4. The average molecular weight is 1010 g/mol. The Hall–Kier alpha value is -5.60. The van der Waals surface area contributed by atoms with Crippen molar-refractivity contribution in [2.75, 3.05) is 56.2 Å². The molecule has 0 unspecified atom stereocenters. The predicted octanol–water partition coefficient (Wildman–Crippen LogP) is -2.58. The molecular formula is C42H66N12O11S3. The quantitative estimate of drug-likeness (QED) is 0.0207. The van der Waals surface area contributed by atoms with Crippen molar-refractivity contribution >= 4 is 98.3 Å². The van der Waals surface area contributed by atoms with Crippen LogP contribution in [0.5, 0.6) is 0 Å². The third-order valence-corrected chi connectivity index (χ3v) is 12.9. The monoisotopic (exact) mass is 1010 g/mol. The first kappa shape index (κ1) is 58.5. The smallest absolute Gasteiger partial charge is 0.305 e. The fourth-order valence-electron chi connectivity index (χ4n) is 6.28. The standard InChI is InChI=1S/C42H66N12O11S3/c1-4-26(55)20-47-37(61)29(18-25-12-7-6-8-13-25)52-41(65)32-23-68-67-22-31(53-38(62)28(49-34(57)24-66-3)14-9-10-16-45-5-2)40(64)51-27(15-11-17-46-42(43)44)36(60)48-21-33(56)50-30(19-35(58)59)39(63)54-32/h6-8,12-13,27-32,45H,4-5,9-11,14-24H2,1-3H3,(H,47,61)(H,48,60)(H,49,57)(H,50,56)(H,51,64)(H,52,65)(H,53,62)(H,54,63)(H,58,59)(H4,43,44,46)/t27-,28-,29-,30-,31-,32-/m0/s1. The number of hydrogen-bond donors (Lipinski definition) is 12. The number of nitrogens with one attached hydrogen (secondary N) is 9. The van der Waals surface area contributed by atoms with Crippen molar-refractivity contribution in [3.05, 3.63) is 35.9 Å². The first-order valence-electron chi connectivity index (χ1n) is 22.1. The van der Waals surface area contributed by atoms with E-state index >= 15 is 0 Å². The normalized spacial score (nSPS) is 19.2. The van der Waals surface area contributed by atoms with Gasteiger partial charge >= 0.3 is 5.97 Å². The number of thioether (sulfide) groups is 1. The number of nitrogens with two attached hydrogens (primary N) is 2. The number of amides is 8. The number of unbranched alkanes of at least 4 members (excludes halogenated alkanes) is 1. The summed E-state index contributed by atoms with van der Waals surface area (Å²) in [5, 5.41) is 33.2. The summed E-state index contributed by atoms with van der Waals surface area (Å²) in [6, 6.07) is 0.452. The maximum Gasteiger partial charge on any atom is 0.305 e. The third kappa shape index (κ3) is 23.9. The minimum Gasteiger partial charge on any atom is -0.481 e.